The first-order valence-corrected chi connectivity index (χ1v) is 5.37. The van der Waals surface area contributed by atoms with Gasteiger partial charge in [-0.15, -0.1) is 0 Å². The summed E-state index contributed by atoms with van der Waals surface area (Å²) in [6.45, 7) is 0. The average Bonchev–Trinajstić information content (AvgIpc) is 2.15. The molecule has 0 saturated heterocycles. The maximum Gasteiger partial charge on any atom is 0.303 e. The molecule has 0 aliphatic rings. The van der Waals surface area contributed by atoms with Crippen molar-refractivity contribution in [1.29, 1.82) is 0 Å². The van der Waals surface area contributed by atoms with Crippen molar-refractivity contribution in [3.05, 3.63) is 32.9 Å². The molecule has 15 heavy (non-hydrogen) atoms. The molecule has 5 heteroatoms. The van der Waals surface area contributed by atoms with Gasteiger partial charge in [-0.2, -0.15) is 0 Å². The van der Waals surface area contributed by atoms with Gasteiger partial charge in [0.15, 0.2) is 0 Å². The number of benzene rings is 1. The number of carbonyl (C=O) groups is 1. The number of carboxylic acid groups (broad SMARTS) is 1. The van der Waals surface area contributed by atoms with Gasteiger partial charge in [0, 0.05) is 15.6 Å². The van der Waals surface area contributed by atoms with E-state index in [9.17, 15) is 13.6 Å². The molecule has 0 fully saturated rings. The van der Waals surface area contributed by atoms with Crippen LogP contribution in [0, 0.1) is 3.57 Å². The number of aliphatic carboxylic acids is 1. The standard InChI is InChI=1S/C10H9F2IO2/c11-10(12)7-2-1-3-8(13)6(7)4-5-9(14)15/h1-3,10H,4-5H2,(H,14,15). The molecule has 1 aromatic carbocycles. The first-order valence-electron chi connectivity index (χ1n) is 4.29. The molecule has 0 unspecified atom stereocenters. The summed E-state index contributed by atoms with van der Waals surface area (Å²) in [6, 6.07) is 4.58. The molecule has 1 aromatic rings. The van der Waals surface area contributed by atoms with Gasteiger partial charge in [-0.25, -0.2) is 8.78 Å². The Morgan fingerprint density at radius 1 is 1.47 bits per heavy atom. The topological polar surface area (TPSA) is 37.3 Å². The molecule has 0 radical (unpaired) electrons. The zero-order valence-corrected chi connectivity index (χ0v) is 9.87. The van der Waals surface area contributed by atoms with Crippen LogP contribution in [0.15, 0.2) is 18.2 Å². The number of alkyl halides is 2. The fraction of sp³-hybridized carbons (Fsp3) is 0.300. The smallest absolute Gasteiger partial charge is 0.303 e. The molecular weight excluding hydrogens is 317 g/mol. The van der Waals surface area contributed by atoms with Crippen LogP contribution < -0.4 is 0 Å². The molecule has 0 bridgehead atoms. The minimum Gasteiger partial charge on any atom is -0.481 e. The van der Waals surface area contributed by atoms with E-state index in [4.69, 9.17) is 5.11 Å². The number of carboxylic acids is 1. The predicted octanol–water partition coefficient (Wildman–Crippen LogP) is 3.25. The number of rotatable bonds is 4. The van der Waals surface area contributed by atoms with Gasteiger partial charge < -0.3 is 5.11 Å². The molecule has 1 N–H and O–H groups in total. The number of hydrogen-bond donors (Lipinski definition) is 1. The molecule has 0 amide bonds. The highest BCUT2D eigenvalue weighted by Gasteiger charge is 2.15. The predicted molar refractivity (Wildman–Crippen MR) is 60.1 cm³/mol. The second-order valence-electron chi connectivity index (χ2n) is 3.00. The number of halogens is 3. The highest BCUT2D eigenvalue weighted by molar-refractivity contribution is 14.1. The Hall–Kier alpha value is -0.720. The normalized spacial score (nSPS) is 10.7. The van der Waals surface area contributed by atoms with E-state index in [-0.39, 0.29) is 18.4 Å². The van der Waals surface area contributed by atoms with E-state index in [1.807, 2.05) is 22.6 Å². The van der Waals surface area contributed by atoms with E-state index in [1.54, 1.807) is 12.1 Å². The van der Waals surface area contributed by atoms with Crippen molar-refractivity contribution in [2.75, 3.05) is 0 Å². The van der Waals surface area contributed by atoms with Crippen LogP contribution in [0.25, 0.3) is 0 Å². The Bertz CT molecular complexity index is 366. The van der Waals surface area contributed by atoms with Gasteiger partial charge in [0.05, 0.1) is 0 Å². The Balaban J connectivity index is 2.97. The molecule has 0 aliphatic heterocycles. The number of hydrogen-bond acceptors (Lipinski definition) is 1. The summed E-state index contributed by atoms with van der Waals surface area (Å²) in [5.41, 5.74) is 0.374. The Morgan fingerprint density at radius 2 is 2.13 bits per heavy atom. The molecule has 0 heterocycles. The summed E-state index contributed by atoms with van der Waals surface area (Å²) in [5.74, 6) is -0.977. The molecule has 2 nitrogen and oxygen atoms in total. The van der Waals surface area contributed by atoms with Crippen molar-refractivity contribution in [3.8, 4) is 0 Å². The zero-order valence-electron chi connectivity index (χ0n) is 7.71. The molecule has 82 valence electrons. The second kappa shape index (κ2) is 5.39. The van der Waals surface area contributed by atoms with Crippen LogP contribution in [0.3, 0.4) is 0 Å². The van der Waals surface area contributed by atoms with Gasteiger partial charge >= 0.3 is 5.97 Å². The summed E-state index contributed by atoms with van der Waals surface area (Å²) < 4.78 is 25.8. The van der Waals surface area contributed by atoms with Crippen molar-refractivity contribution < 1.29 is 18.7 Å². The third-order valence-electron chi connectivity index (χ3n) is 1.98. The van der Waals surface area contributed by atoms with E-state index in [1.165, 1.54) is 6.07 Å². The van der Waals surface area contributed by atoms with E-state index >= 15 is 0 Å². The van der Waals surface area contributed by atoms with Crippen molar-refractivity contribution in [1.82, 2.24) is 0 Å². The van der Waals surface area contributed by atoms with Crippen molar-refractivity contribution in [2.45, 2.75) is 19.3 Å². The van der Waals surface area contributed by atoms with Gasteiger partial charge in [0.1, 0.15) is 0 Å². The molecule has 0 saturated carbocycles. The third kappa shape index (κ3) is 3.40. The highest BCUT2D eigenvalue weighted by Crippen LogP contribution is 2.27. The van der Waals surface area contributed by atoms with E-state index in [2.05, 4.69) is 0 Å². The lowest BCUT2D eigenvalue weighted by Gasteiger charge is -2.09. The Kier molecular flexibility index (Phi) is 4.44. The van der Waals surface area contributed by atoms with Crippen molar-refractivity contribution in [2.24, 2.45) is 0 Å². The van der Waals surface area contributed by atoms with Crippen LogP contribution in [0.2, 0.25) is 0 Å². The van der Waals surface area contributed by atoms with Gasteiger partial charge in [0.25, 0.3) is 6.43 Å². The van der Waals surface area contributed by atoms with Crippen molar-refractivity contribution >= 4 is 28.6 Å². The summed E-state index contributed by atoms with van der Waals surface area (Å²) in [7, 11) is 0. The zero-order chi connectivity index (χ0) is 11.4. The van der Waals surface area contributed by atoms with Crippen LogP contribution in [-0.2, 0) is 11.2 Å². The van der Waals surface area contributed by atoms with E-state index in [0.29, 0.717) is 9.13 Å². The fourth-order valence-electron chi connectivity index (χ4n) is 1.28. The first-order chi connectivity index (χ1) is 7.02. The maximum atomic E-state index is 12.6. The van der Waals surface area contributed by atoms with Crippen LogP contribution in [-0.4, -0.2) is 11.1 Å². The SMILES string of the molecule is O=C(O)CCc1c(I)cccc1C(F)F. The quantitative estimate of drug-likeness (QED) is 0.863. The summed E-state index contributed by atoms with van der Waals surface area (Å²) in [5, 5.41) is 8.51. The third-order valence-corrected chi connectivity index (χ3v) is 2.99. The van der Waals surface area contributed by atoms with Gasteiger partial charge in [-0.3, -0.25) is 4.79 Å². The minimum atomic E-state index is -2.55. The van der Waals surface area contributed by atoms with Crippen molar-refractivity contribution in [3.63, 3.8) is 0 Å². The van der Waals surface area contributed by atoms with Gasteiger partial charge in [-0.1, -0.05) is 12.1 Å². The lowest BCUT2D eigenvalue weighted by molar-refractivity contribution is -0.136. The Labute approximate surface area is 99.4 Å². The van der Waals surface area contributed by atoms with Crippen LogP contribution in [0.5, 0.6) is 0 Å². The van der Waals surface area contributed by atoms with Crippen LogP contribution in [0.4, 0.5) is 8.78 Å². The lowest BCUT2D eigenvalue weighted by atomic mass is 10.0. The van der Waals surface area contributed by atoms with Crippen LogP contribution in [0.1, 0.15) is 24.0 Å². The lowest BCUT2D eigenvalue weighted by Crippen LogP contribution is -2.03. The second-order valence-corrected chi connectivity index (χ2v) is 4.16. The summed E-state index contributed by atoms with van der Waals surface area (Å²) in [6.07, 6.45) is -2.53. The van der Waals surface area contributed by atoms with E-state index < -0.39 is 12.4 Å². The van der Waals surface area contributed by atoms with E-state index in [0.717, 1.165) is 0 Å². The molecule has 1 rings (SSSR count). The van der Waals surface area contributed by atoms with Crippen LogP contribution >= 0.6 is 22.6 Å². The molecule has 0 aromatic heterocycles. The molecule has 0 atom stereocenters. The maximum absolute atomic E-state index is 12.6. The highest BCUT2D eigenvalue weighted by atomic mass is 127. The van der Waals surface area contributed by atoms with Gasteiger partial charge in [-0.05, 0) is 40.6 Å². The summed E-state index contributed by atoms with van der Waals surface area (Å²) >= 11 is 1.94. The van der Waals surface area contributed by atoms with Gasteiger partial charge in [0.2, 0.25) is 0 Å². The summed E-state index contributed by atoms with van der Waals surface area (Å²) in [4.78, 5) is 10.4. The first kappa shape index (κ1) is 12.4. The monoisotopic (exact) mass is 326 g/mol. The molecule has 0 spiro atoms. The largest absolute Gasteiger partial charge is 0.481 e. The molecular formula is C10H9F2IO2. The molecule has 0 aliphatic carbocycles. The fourth-order valence-corrected chi connectivity index (χ4v) is 2.06. The minimum absolute atomic E-state index is 0.0665. The Morgan fingerprint density at radius 3 is 2.67 bits per heavy atom. The average molecular weight is 326 g/mol.